The second-order valence-electron chi connectivity index (χ2n) is 12.5. The Morgan fingerprint density at radius 3 is 2.38 bits per heavy atom. The van der Waals surface area contributed by atoms with Crippen molar-refractivity contribution in [3.63, 3.8) is 0 Å². The van der Waals surface area contributed by atoms with Crippen molar-refractivity contribution < 1.29 is 32.7 Å². The molecule has 12 nitrogen and oxygen atoms in total. The molecule has 1 atom stereocenters. The molecule has 260 valence electrons. The molecule has 17 heteroatoms. The summed E-state index contributed by atoms with van der Waals surface area (Å²) in [6.45, 7) is 4.45. The molecular weight excluding hydrogens is 676 g/mol. The summed E-state index contributed by atoms with van der Waals surface area (Å²) in [5.74, 6) is -1.07. The number of amides is 3. The van der Waals surface area contributed by atoms with Crippen LogP contribution in [0.5, 0.6) is 0 Å². The van der Waals surface area contributed by atoms with E-state index < -0.39 is 23.2 Å². The lowest BCUT2D eigenvalue weighted by atomic mass is 9.95. The fraction of sp³-hybridized carbons (Fsp3) is 0.516. The molecule has 3 aromatic rings. The highest BCUT2D eigenvalue weighted by molar-refractivity contribution is 6.34. The van der Waals surface area contributed by atoms with Crippen LogP contribution in [-0.2, 0) is 24.6 Å². The van der Waals surface area contributed by atoms with Gasteiger partial charge in [-0.2, -0.15) is 18.3 Å². The molecule has 2 saturated heterocycles. The monoisotopic (exact) mass is 712 g/mol. The Labute approximate surface area is 285 Å². The minimum atomic E-state index is -4.81. The van der Waals surface area contributed by atoms with Gasteiger partial charge in [0.1, 0.15) is 0 Å². The van der Waals surface area contributed by atoms with Crippen molar-refractivity contribution in [1.29, 1.82) is 0 Å². The summed E-state index contributed by atoms with van der Waals surface area (Å²) in [4.78, 5) is 46.8. The first-order valence-corrected chi connectivity index (χ1v) is 16.4. The molecule has 1 aromatic carbocycles. The number of rotatable bonds is 9. The number of aliphatic hydroxyl groups excluding tert-OH is 1. The first-order valence-electron chi connectivity index (χ1n) is 15.5. The lowest BCUT2D eigenvalue weighted by Gasteiger charge is -2.37. The second kappa shape index (κ2) is 14.4. The Morgan fingerprint density at radius 1 is 1.10 bits per heavy atom. The van der Waals surface area contributed by atoms with Crippen LogP contribution in [-0.4, -0.2) is 104 Å². The number of benzene rings is 1. The summed E-state index contributed by atoms with van der Waals surface area (Å²) < 4.78 is 44.2. The van der Waals surface area contributed by atoms with Gasteiger partial charge < -0.3 is 30.1 Å². The van der Waals surface area contributed by atoms with E-state index in [2.05, 4.69) is 20.7 Å². The van der Waals surface area contributed by atoms with Crippen molar-refractivity contribution in [2.75, 3.05) is 57.1 Å². The molecule has 2 aliphatic rings. The zero-order chi connectivity index (χ0) is 34.8. The summed E-state index contributed by atoms with van der Waals surface area (Å²) in [5, 5.41) is 19.4. The van der Waals surface area contributed by atoms with Crippen LogP contribution < -0.4 is 10.6 Å². The molecule has 2 aliphatic heterocycles. The molecule has 2 aromatic heterocycles. The maximum atomic E-state index is 14.0. The number of hydrogen-bond acceptors (Lipinski definition) is 7. The van der Waals surface area contributed by atoms with Crippen molar-refractivity contribution >= 4 is 46.6 Å². The van der Waals surface area contributed by atoms with Crippen molar-refractivity contribution in [1.82, 2.24) is 34.4 Å². The number of aliphatic hydroxyl groups is 1. The maximum Gasteiger partial charge on any atom is 0.435 e. The minimum absolute atomic E-state index is 0.00682. The molecule has 3 amide bonds. The van der Waals surface area contributed by atoms with Gasteiger partial charge >= 0.3 is 6.18 Å². The van der Waals surface area contributed by atoms with E-state index in [4.69, 9.17) is 23.2 Å². The number of alkyl halides is 4. The summed E-state index contributed by atoms with van der Waals surface area (Å²) in [5.41, 5.74) is -1.91. The number of nitrogens with zero attached hydrogens (tertiary/aromatic N) is 6. The van der Waals surface area contributed by atoms with Gasteiger partial charge in [-0.05, 0) is 44.1 Å². The molecule has 0 aliphatic carbocycles. The van der Waals surface area contributed by atoms with Crippen LogP contribution in [0, 0.1) is 11.3 Å². The van der Waals surface area contributed by atoms with Gasteiger partial charge in [0.25, 0.3) is 11.8 Å². The van der Waals surface area contributed by atoms with Gasteiger partial charge in [0.15, 0.2) is 11.5 Å². The Morgan fingerprint density at radius 2 is 1.77 bits per heavy atom. The topological polar surface area (TPSA) is 138 Å². The summed E-state index contributed by atoms with van der Waals surface area (Å²) in [6.07, 6.45) is -0.860. The second-order valence-corrected chi connectivity index (χ2v) is 13.2. The van der Waals surface area contributed by atoms with Gasteiger partial charge in [-0.25, -0.2) is 4.98 Å². The average molecular weight is 714 g/mol. The zero-order valence-corrected chi connectivity index (χ0v) is 28.0. The van der Waals surface area contributed by atoms with E-state index in [0.29, 0.717) is 26.2 Å². The fourth-order valence-electron chi connectivity index (χ4n) is 5.88. The molecule has 0 bridgehead atoms. The number of hydrogen-bond donors (Lipinski definition) is 3. The van der Waals surface area contributed by atoms with Crippen molar-refractivity contribution in [3.8, 4) is 11.3 Å². The molecule has 0 saturated carbocycles. The average Bonchev–Trinajstić information content (AvgIpc) is 3.67. The Bertz CT molecular complexity index is 1660. The van der Waals surface area contributed by atoms with Gasteiger partial charge in [0.05, 0.1) is 34.6 Å². The maximum absolute atomic E-state index is 14.0. The van der Waals surface area contributed by atoms with Crippen LogP contribution in [0.3, 0.4) is 0 Å². The smallest absolute Gasteiger partial charge is 0.396 e. The van der Waals surface area contributed by atoms with Gasteiger partial charge in [-0.15, -0.1) is 11.6 Å². The van der Waals surface area contributed by atoms with E-state index in [9.17, 15) is 32.7 Å². The van der Waals surface area contributed by atoms with Crippen LogP contribution in [0.15, 0.2) is 30.6 Å². The number of halogens is 5. The third-order valence-corrected chi connectivity index (χ3v) is 9.73. The normalized spacial score (nSPS) is 17.3. The Balaban J connectivity index is 1.26. The van der Waals surface area contributed by atoms with Crippen LogP contribution >= 0.6 is 23.2 Å². The van der Waals surface area contributed by atoms with Crippen LogP contribution in [0.4, 0.5) is 18.9 Å². The molecule has 1 unspecified atom stereocenters. The predicted molar refractivity (Wildman–Crippen MR) is 173 cm³/mol. The summed E-state index contributed by atoms with van der Waals surface area (Å²) >= 11 is 12.4. The number of piperidine rings is 1. The van der Waals surface area contributed by atoms with E-state index in [1.54, 1.807) is 11.8 Å². The van der Waals surface area contributed by atoms with Crippen molar-refractivity contribution in [2.45, 2.75) is 32.5 Å². The van der Waals surface area contributed by atoms with Gasteiger partial charge in [-0.1, -0.05) is 18.5 Å². The third-order valence-electron chi connectivity index (χ3n) is 8.77. The molecule has 0 radical (unpaired) electrons. The van der Waals surface area contributed by atoms with Gasteiger partial charge in [0.2, 0.25) is 5.91 Å². The summed E-state index contributed by atoms with van der Waals surface area (Å²) in [7, 11) is 1.40. The number of imidazole rings is 1. The van der Waals surface area contributed by atoms with Gasteiger partial charge in [-0.3, -0.25) is 19.1 Å². The van der Waals surface area contributed by atoms with E-state index in [1.165, 1.54) is 36.0 Å². The molecule has 0 spiro atoms. The molecule has 3 N–H and O–H groups in total. The number of anilines is 1. The number of carbonyl (C=O) groups excluding carboxylic acids is 3. The van der Waals surface area contributed by atoms with Crippen molar-refractivity contribution in [3.05, 3.63) is 52.7 Å². The SMILES string of the molecule is Cn1c(-c2cn(CC(C)(CO)CCl)nc2C(F)(F)F)cnc1C(=O)Nc1ccc(C(=O)N2CCN(C(=O)C3CCNCC3)CC2)c(Cl)c1. The lowest BCUT2D eigenvalue weighted by Crippen LogP contribution is -2.52. The number of piperazine rings is 1. The molecule has 48 heavy (non-hydrogen) atoms. The van der Waals surface area contributed by atoms with E-state index in [0.717, 1.165) is 36.8 Å². The van der Waals surface area contributed by atoms with Crippen LogP contribution in [0.1, 0.15) is 46.4 Å². The highest BCUT2D eigenvalue weighted by Gasteiger charge is 2.39. The predicted octanol–water partition coefficient (Wildman–Crippen LogP) is 3.73. The van der Waals surface area contributed by atoms with Crippen LogP contribution in [0.25, 0.3) is 11.3 Å². The fourth-order valence-corrected chi connectivity index (χ4v) is 6.31. The lowest BCUT2D eigenvalue weighted by molar-refractivity contribution is -0.141. The quantitative estimate of drug-likeness (QED) is 0.288. The van der Waals surface area contributed by atoms with E-state index in [1.807, 2.05) is 4.90 Å². The molecule has 2 fully saturated rings. The Kier molecular flexibility index (Phi) is 10.7. The standard InChI is InChI=1S/C31H37Cl2F3N8O4/c1-30(16-32,18-45)17-44-15-22(25(40-44)31(34,35)36)24-14-38-26(41(24)2)27(46)39-20-3-4-21(23(33)13-20)29(48)43-11-9-42(10-12-43)28(47)19-5-7-37-8-6-19/h3-4,13-15,19,37,45H,5-12,16-18H2,1-2H3,(H,39,46). The minimum Gasteiger partial charge on any atom is -0.396 e. The van der Waals surface area contributed by atoms with Crippen molar-refractivity contribution in [2.24, 2.45) is 18.4 Å². The zero-order valence-electron chi connectivity index (χ0n) is 26.5. The largest absolute Gasteiger partial charge is 0.435 e. The van der Waals surface area contributed by atoms with Gasteiger partial charge in [0, 0.05) is 68.9 Å². The molecule has 4 heterocycles. The first kappa shape index (κ1) is 35.6. The number of carbonyl (C=O) groups is 3. The Hall–Kier alpha value is -3.66. The number of aromatic nitrogens is 4. The number of nitrogens with one attached hydrogen (secondary N) is 2. The first-order chi connectivity index (χ1) is 22.7. The molecular formula is C31H37Cl2F3N8O4. The highest BCUT2D eigenvalue weighted by atomic mass is 35.5. The van der Waals surface area contributed by atoms with E-state index in [-0.39, 0.29) is 70.1 Å². The summed E-state index contributed by atoms with van der Waals surface area (Å²) in [6, 6.07) is 4.40. The third kappa shape index (κ3) is 7.64. The van der Waals surface area contributed by atoms with E-state index >= 15 is 0 Å². The van der Waals surface area contributed by atoms with Crippen LogP contribution in [0.2, 0.25) is 5.02 Å². The molecule has 5 rings (SSSR count). The highest BCUT2D eigenvalue weighted by Crippen LogP contribution is 2.37.